The van der Waals surface area contributed by atoms with Crippen LogP contribution in [0.15, 0.2) is 34.9 Å². The molecule has 2 aliphatic rings. The number of anilines is 1. The van der Waals surface area contributed by atoms with Gasteiger partial charge in [0, 0.05) is 45.2 Å². The molecule has 0 amide bonds. The fraction of sp³-hybridized carbons (Fsp3) is 0.529. The lowest BCUT2D eigenvalue weighted by Crippen LogP contribution is -2.49. The first-order chi connectivity index (χ1) is 12.9. The Morgan fingerprint density at radius 1 is 1.11 bits per heavy atom. The second-order valence-electron chi connectivity index (χ2n) is 7.08. The molecule has 0 aliphatic carbocycles. The first-order valence-corrected chi connectivity index (χ1v) is 10.3. The Balaban J connectivity index is 1.62. The molecule has 2 fully saturated rings. The van der Waals surface area contributed by atoms with E-state index < -0.39 is 10.2 Å². The Hall–Kier alpha value is -2.01. The highest BCUT2D eigenvalue weighted by Gasteiger charge is 2.40. The van der Waals surface area contributed by atoms with Crippen LogP contribution < -0.4 is 4.90 Å². The lowest BCUT2D eigenvalue weighted by Gasteiger charge is -2.31. The molecule has 2 aliphatic heterocycles. The molecule has 4 rings (SSSR count). The van der Waals surface area contributed by atoms with E-state index in [9.17, 15) is 8.42 Å². The van der Waals surface area contributed by atoms with Crippen molar-refractivity contribution in [1.29, 1.82) is 0 Å². The lowest BCUT2D eigenvalue weighted by atomic mass is 10.1. The standard InChI is InChI=1S/C17H23N5O4S/c1-20(2)27(23,24)21-8-13-9-22(15(10-21)12-25-11-13)17-18-16(19-26-17)14-6-4-3-5-7-14/h3-7,13,15H,8-12H2,1-2H3/t13-,15-/m0/s1. The minimum Gasteiger partial charge on any atom is -0.379 e. The molecule has 10 heteroatoms. The van der Waals surface area contributed by atoms with E-state index in [1.807, 2.05) is 35.2 Å². The lowest BCUT2D eigenvalue weighted by molar-refractivity contribution is 0.0829. The Labute approximate surface area is 158 Å². The molecule has 2 saturated heterocycles. The van der Waals surface area contributed by atoms with E-state index in [0.717, 1.165) is 5.56 Å². The molecular formula is C17H23N5O4S. The Morgan fingerprint density at radius 2 is 1.89 bits per heavy atom. The van der Waals surface area contributed by atoms with Gasteiger partial charge in [-0.15, -0.1) is 0 Å². The van der Waals surface area contributed by atoms with Gasteiger partial charge in [-0.2, -0.15) is 22.0 Å². The maximum Gasteiger partial charge on any atom is 0.324 e. The number of ether oxygens (including phenoxy) is 1. The summed E-state index contributed by atoms with van der Waals surface area (Å²) in [5, 5.41) is 4.09. The van der Waals surface area contributed by atoms with Crippen LogP contribution in [-0.4, -0.2) is 80.2 Å². The minimum atomic E-state index is -3.49. The highest BCUT2D eigenvalue weighted by Crippen LogP contribution is 2.28. The molecule has 2 aromatic rings. The van der Waals surface area contributed by atoms with Crippen molar-refractivity contribution in [2.75, 3.05) is 51.8 Å². The SMILES string of the molecule is CN(C)S(=O)(=O)N1C[C@@H]2COC[C@H](C1)N(c1nc(-c3ccccc3)no1)C2. The van der Waals surface area contributed by atoms with Crippen molar-refractivity contribution >= 4 is 16.2 Å². The molecule has 146 valence electrons. The quantitative estimate of drug-likeness (QED) is 0.754. The van der Waals surface area contributed by atoms with Crippen LogP contribution in [0.5, 0.6) is 0 Å². The van der Waals surface area contributed by atoms with Crippen LogP contribution in [0, 0.1) is 5.92 Å². The molecule has 3 heterocycles. The van der Waals surface area contributed by atoms with E-state index in [0.29, 0.717) is 44.7 Å². The number of fused-ring (bicyclic) bond motifs is 3. The summed E-state index contributed by atoms with van der Waals surface area (Å²) in [6, 6.07) is 9.83. The van der Waals surface area contributed by atoms with E-state index in [4.69, 9.17) is 9.26 Å². The number of hydrogen-bond acceptors (Lipinski definition) is 7. The maximum absolute atomic E-state index is 12.6. The Bertz CT molecular complexity index is 886. The molecule has 2 atom stereocenters. The van der Waals surface area contributed by atoms with Gasteiger partial charge < -0.3 is 14.2 Å². The summed E-state index contributed by atoms with van der Waals surface area (Å²) < 4.78 is 39.3. The van der Waals surface area contributed by atoms with E-state index in [-0.39, 0.29) is 12.0 Å². The zero-order valence-electron chi connectivity index (χ0n) is 15.4. The largest absolute Gasteiger partial charge is 0.379 e. The van der Waals surface area contributed by atoms with Gasteiger partial charge in [0.25, 0.3) is 10.2 Å². The molecule has 0 spiro atoms. The average molecular weight is 393 g/mol. The summed E-state index contributed by atoms with van der Waals surface area (Å²) in [6.45, 7) is 2.26. The predicted molar refractivity (Wildman–Crippen MR) is 99.4 cm³/mol. The van der Waals surface area contributed by atoms with Crippen molar-refractivity contribution in [2.45, 2.75) is 6.04 Å². The summed E-state index contributed by atoms with van der Waals surface area (Å²) in [5.74, 6) is 0.544. The first kappa shape index (κ1) is 18.4. The molecule has 0 radical (unpaired) electrons. The van der Waals surface area contributed by atoms with E-state index in [1.54, 1.807) is 14.1 Å². The van der Waals surface area contributed by atoms with Crippen molar-refractivity contribution in [3.8, 4) is 11.4 Å². The Morgan fingerprint density at radius 3 is 2.63 bits per heavy atom. The van der Waals surface area contributed by atoms with Crippen LogP contribution >= 0.6 is 0 Å². The number of aromatic nitrogens is 2. The summed E-state index contributed by atoms with van der Waals surface area (Å²) in [4.78, 5) is 6.53. The number of benzene rings is 1. The van der Waals surface area contributed by atoms with Gasteiger partial charge in [0.15, 0.2) is 0 Å². The van der Waals surface area contributed by atoms with Gasteiger partial charge in [0.2, 0.25) is 5.82 Å². The molecule has 27 heavy (non-hydrogen) atoms. The van der Waals surface area contributed by atoms with Gasteiger partial charge in [0.05, 0.1) is 19.3 Å². The van der Waals surface area contributed by atoms with E-state index in [2.05, 4.69) is 10.1 Å². The molecule has 0 N–H and O–H groups in total. The number of nitrogens with zero attached hydrogens (tertiary/aromatic N) is 5. The highest BCUT2D eigenvalue weighted by molar-refractivity contribution is 7.86. The molecule has 1 aromatic carbocycles. The second-order valence-corrected chi connectivity index (χ2v) is 9.23. The van der Waals surface area contributed by atoms with Gasteiger partial charge in [0.1, 0.15) is 0 Å². The molecule has 1 aromatic heterocycles. The molecule has 9 nitrogen and oxygen atoms in total. The van der Waals surface area contributed by atoms with Crippen LogP contribution in [0.3, 0.4) is 0 Å². The maximum atomic E-state index is 12.6. The van der Waals surface area contributed by atoms with Crippen molar-refractivity contribution < 1.29 is 17.7 Å². The fourth-order valence-electron chi connectivity index (χ4n) is 3.49. The molecule has 0 saturated carbocycles. The topological polar surface area (TPSA) is 92.0 Å². The van der Waals surface area contributed by atoms with Gasteiger partial charge in [-0.25, -0.2) is 0 Å². The van der Waals surface area contributed by atoms with Gasteiger partial charge in [-0.3, -0.25) is 0 Å². The van der Waals surface area contributed by atoms with Crippen LogP contribution in [0.2, 0.25) is 0 Å². The summed E-state index contributed by atoms with van der Waals surface area (Å²) in [7, 11) is -0.391. The zero-order valence-corrected chi connectivity index (χ0v) is 16.2. The number of hydrogen-bond donors (Lipinski definition) is 0. The summed E-state index contributed by atoms with van der Waals surface area (Å²) in [5.41, 5.74) is 0.873. The van der Waals surface area contributed by atoms with Gasteiger partial charge in [-0.1, -0.05) is 35.5 Å². The van der Waals surface area contributed by atoms with Gasteiger partial charge >= 0.3 is 6.01 Å². The van der Waals surface area contributed by atoms with Crippen LogP contribution in [0.1, 0.15) is 0 Å². The van der Waals surface area contributed by atoms with Crippen LogP contribution in [-0.2, 0) is 14.9 Å². The predicted octanol–water partition coefficient (Wildman–Crippen LogP) is 0.680. The zero-order chi connectivity index (χ0) is 19.0. The third-order valence-electron chi connectivity index (χ3n) is 4.92. The fourth-order valence-corrected chi connectivity index (χ4v) is 4.71. The Kier molecular flexibility index (Phi) is 4.89. The van der Waals surface area contributed by atoms with Crippen molar-refractivity contribution in [3.63, 3.8) is 0 Å². The first-order valence-electron chi connectivity index (χ1n) is 8.86. The third-order valence-corrected chi connectivity index (χ3v) is 6.79. The smallest absolute Gasteiger partial charge is 0.324 e. The second kappa shape index (κ2) is 7.19. The third kappa shape index (κ3) is 3.57. The average Bonchev–Trinajstić information content (AvgIpc) is 2.94. The van der Waals surface area contributed by atoms with Crippen molar-refractivity contribution in [3.05, 3.63) is 30.3 Å². The van der Waals surface area contributed by atoms with E-state index in [1.165, 1.54) is 8.61 Å². The van der Waals surface area contributed by atoms with Gasteiger partial charge in [-0.05, 0) is 0 Å². The molecule has 2 bridgehead atoms. The van der Waals surface area contributed by atoms with Crippen molar-refractivity contribution in [2.24, 2.45) is 5.92 Å². The number of rotatable bonds is 4. The van der Waals surface area contributed by atoms with Crippen molar-refractivity contribution in [1.82, 2.24) is 18.8 Å². The minimum absolute atomic E-state index is 0.0271. The van der Waals surface area contributed by atoms with Crippen LogP contribution in [0.4, 0.5) is 6.01 Å². The summed E-state index contributed by atoms with van der Waals surface area (Å²) >= 11 is 0. The van der Waals surface area contributed by atoms with Crippen LogP contribution in [0.25, 0.3) is 11.4 Å². The van der Waals surface area contributed by atoms with E-state index >= 15 is 0 Å². The monoisotopic (exact) mass is 393 g/mol. The normalized spacial score (nSPS) is 24.2. The summed E-state index contributed by atoms with van der Waals surface area (Å²) in [6.07, 6.45) is 0. The highest BCUT2D eigenvalue weighted by atomic mass is 32.2. The molecular weight excluding hydrogens is 370 g/mol. The molecule has 0 unspecified atom stereocenters.